The predicted molar refractivity (Wildman–Crippen MR) is 46.7 cm³/mol. The van der Waals surface area contributed by atoms with E-state index in [-0.39, 0.29) is 56.8 Å². The van der Waals surface area contributed by atoms with E-state index in [1.165, 1.54) is 0 Å². The molecule has 4 unspecified atom stereocenters. The van der Waals surface area contributed by atoms with Crippen molar-refractivity contribution in [3.8, 4) is 0 Å². The van der Waals surface area contributed by atoms with Crippen molar-refractivity contribution < 1.29 is 9.90 Å². The van der Waals surface area contributed by atoms with Crippen LogP contribution in [-0.4, -0.2) is 57.4 Å². The molecule has 13 heavy (non-hydrogen) atoms. The van der Waals surface area contributed by atoms with Gasteiger partial charge in [0.2, 0.25) is 0 Å². The molecule has 0 spiro atoms. The molecule has 0 N–H and O–H groups in total. The molecular weight excluding hydrogens is 191 g/mol. The minimum Gasteiger partial charge on any atom is -0.550 e. The summed E-state index contributed by atoms with van der Waals surface area (Å²) < 4.78 is 0. The second-order valence-electron chi connectivity index (χ2n) is 5.28. The van der Waals surface area contributed by atoms with Crippen molar-refractivity contribution in [1.82, 2.24) is 0 Å². The monoisotopic (exact) mass is 204 g/mol. The summed E-state index contributed by atoms with van der Waals surface area (Å²) in [4.78, 5) is 11.0. The van der Waals surface area contributed by atoms with Gasteiger partial charge in [-0.05, 0) is 36.0 Å². The maximum atomic E-state index is 11.0. The van der Waals surface area contributed by atoms with E-state index in [1.807, 2.05) is 0 Å². The Bertz CT molecular complexity index is 303. The molecule has 0 aromatic heterocycles. The summed E-state index contributed by atoms with van der Waals surface area (Å²) in [6.45, 7) is 4.38. The number of hydrogen-bond donors (Lipinski definition) is 0. The van der Waals surface area contributed by atoms with Crippen molar-refractivity contribution >= 4 is 57.4 Å². The summed E-state index contributed by atoms with van der Waals surface area (Å²) in [6, 6.07) is 0. The number of hydrogen-bond acceptors (Lipinski definition) is 2. The van der Waals surface area contributed by atoms with Crippen LogP contribution in [0.25, 0.3) is 0 Å². The Morgan fingerprint density at radius 3 is 2.31 bits per heavy atom. The molecule has 5 saturated carbocycles. The van der Waals surface area contributed by atoms with E-state index in [2.05, 4.69) is 13.8 Å². The third-order valence-corrected chi connectivity index (χ3v) is 5.55. The van der Waals surface area contributed by atoms with Gasteiger partial charge in [0.15, 0.2) is 0 Å². The fourth-order valence-corrected chi connectivity index (χ4v) is 4.67. The molecule has 2 nitrogen and oxygen atoms in total. The van der Waals surface area contributed by atoms with Crippen LogP contribution in [0.4, 0.5) is 0 Å². The van der Waals surface area contributed by atoms with Gasteiger partial charge in [-0.15, -0.1) is 0 Å². The summed E-state index contributed by atoms with van der Waals surface area (Å²) >= 11 is 0. The fraction of sp³-hybridized carbons (Fsp3) is 0.900. The van der Waals surface area contributed by atoms with Gasteiger partial charge in [0.05, 0.1) is 0 Å². The van der Waals surface area contributed by atoms with E-state index in [0.29, 0.717) is 11.3 Å². The first-order valence-corrected chi connectivity index (χ1v) is 4.70. The Kier molecular flexibility index (Phi) is 1.99. The summed E-state index contributed by atoms with van der Waals surface area (Å²) in [5.74, 6) is -0.337. The second kappa shape index (κ2) is 2.43. The average Bonchev–Trinajstić information content (AvgIpc) is 2.33. The molecular formula is C10H13KO2-. The van der Waals surface area contributed by atoms with Crippen molar-refractivity contribution in [3.63, 3.8) is 0 Å². The molecule has 0 saturated heterocycles. The molecule has 5 aliphatic carbocycles. The molecule has 5 rings (SSSR count). The van der Waals surface area contributed by atoms with Gasteiger partial charge in [0.1, 0.15) is 0 Å². The van der Waals surface area contributed by atoms with Crippen LogP contribution in [0.15, 0.2) is 0 Å². The van der Waals surface area contributed by atoms with Crippen LogP contribution in [0.3, 0.4) is 0 Å². The number of fused-ring (bicyclic) bond motifs is 1. The van der Waals surface area contributed by atoms with Crippen LogP contribution in [0.2, 0.25) is 0 Å². The Balaban J connectivity index is 0.000000653. The molecule has 4 bridgehead atoms. The standard InChI is InChI=1S/C10H14O2.K/c1-8-5-10(7(11)12)6(8)3-4-9(8,10)2;/h6H,3-5H2,1-2H3,(H,11,12);/p-1. The zero-order chi connectivity index (χ0) is 8.78. The molecule has 1 radical (unpaired) electrons. The molecule has 4 atom stereocenters. The molecule has 0 aliphatic heterocycles. The van der Waals surface area contributed by atoms with E-state index in [1.54, 1.807) is 0 Å². The van der Waals surface area contributed by atoms with E-state index in [4.69, 9.17) is 0 Å². The van der Waals surface area contributed by atoms with Crippen LogP contribution in [0.5, 0.6) is 0 Å². The summed E-state index contributed by atoms with van der Waals surface area (Å²) in [5.41, 5.74) is 0.0400. The Labute approximate surface area is 121 Å². The SMILES string of the molecule is CC12CC3(C(=O)[O-])C1CCC23C.[K]. The Morgan fingerprint density at radius 1 is 1.46 bits per heavy atom. The van der Waals surface area contributed by atoms with Crippen LogP contribution < -0.4 is 5.11 Å². The van der Waals surface area contributed by atoms with E-state index in [0.717, 1.165) is 19.3 Å². The average molecular weight is 204 g/mol. The first-order valence-electron chi connectivity index (χ1n) is 4.70. The van der Waals surface area contributed by atoms with Crippen molar-refractivity contribution in [1.29, 1.82) is 0 Å². The number of carbonyl (C=O) groups excluding carboxylic acids is 1. The van der Waals surface area contributed by atoms with Gasteiger partial charge in [0, 0.05) is 62.8 Å². The van der Waals surface area contributed by atoms with Gasteiger partial charge in [-0.1, -0.05) is 13.8 Å². The first kappa shape index (κ1) is 10.6. The van der Waals surface area contributed by atoms with Crippen LogP contribution in [-0.2, 0) is 4.79 Å². The zero-order valence-electron chi connectivity index (χ0n) is 8.52. The number of carboxylic acid groups (broad SMARTS) is 1. The molecule has 5 fully saturated rings. The van der Waals surface area contributed by atoms with Crippen molar-refractivity contribution in [2.24, 2.45) is 22.2 Å². The molecule has 67 valence electrons. The van der Waals surface area contributed by atoms with Gasteiger partial charge in [-0.2, -0.15) is 0 Å². The molecule has 3 heteroatoms. The van der Waals surface area contributed by atoms with E-state index >= 15 is 0 Å². The number of carboxylic acids is 1. The molecule has 0 aromatic rings. The summed E-state index contributed by atoms with van der Waals surface area (Å²) in [7, 11) is 0. The maximum Gasteiger partial charge on any atom is 0.0485 e. The zero-order valence-corrected chi connectivity index (χ0v) is 11.6. The predicted octanol–water partition coefficient (Wildman–Crippen LogP) is 0.182. The van der Waals surface area contributed by atoms with Gasteiger partial charge < -0.3 is 9.90 Å². The van der Waals surface area contributed by atoms with Gasteiger partial charge in [-0.3, -0.25) is 0 Å². The van der Waals surface area contributed by atoms with Crippen LogP contribution in [0, 0.1) is 22.2 Å². The topological polar surface area (TPSA) is 40.1 Å². The van der Waals surface area contributed by atoms with Gasteiger partial charge in [-0.25, -0.2) is 0 Å². The Hall–Kier alpha value is 1.11. The normalized spacial score (nSPS) is 60.3. The largest absolute Gasteiger partial charge is 0.550 e. The van der Waals surface area contributed by atoms with E-state index in [9.17, 15) is 9.90 Å². The first-order chi connectivity index (χ1) is 5.49. The van der Waals surface area contributed by atoms with Crippen molar-refractivity contribution in [3.05, 3.63) is 0 Å². The maximum absolute atomic E-state index is 11.0. The number of carbonyl (C=O) groups is 1. The third-order valence-electron chi connectivity index (χ3n) is 5.55. The van der Waals surface area contributed by atoms with Crippen molar-refractivity contribution in [2.45, 2.75) is 33.1 Å². The minimum absolute atomic E-state index is 0. The fourth-order valence-electron chi connectivity index (χ4n) is 4.67. The molecule has 5 aliphatic rings. The number of rotatable bonds is 1. The van der Waals surface area contributed by atoms with Crippen LogP contribution >= 0.6 is 0 Å². The smallest absolute Gasteiger partial charge is 0.0485 e. The quantitative estimate of drug-likeness (QED) is 0.572. The minimum atomic E-state index is -0.781. The Morgan fingerprint density at radius 2 is 2.08 bits per heavy atom. The summed E-state index contributed by atoms with van der Waals surface area (Å²) in [5, 5.41) is 11.0. The van der Waals surface area contributed by atoms with Crippen LogP contribution in [0.1, 0.15) is 33.1 Å². The van der Waals surface area contributed by atoms with Gasteiger partial charge in [0.25, 0.3) is 0 Å². The van der Waals surface area contributed by atoms with Gasteiger partial charge >= 0.3 is 0 Å². The molecule has 0 aromatic carbocycles. The van der Waals surface area contributed by atoms with E-state index < -0.39 is 11.4 Å². The number of aliphatic carboxylic acids is 1. The summed E-state index contributed by atoms with van der Waals surface area (Å²) in [6.07, 6.45) is 3.09. The molecule has 0 amide bonds. The molecule has 0 heterocycles. The van der Waals surface area contributed by atoms with Crippen molar-refractivity contribution in [2.75, 3.05) is 0 Å². The third kappa shape index (κ3) is 0.670. The second-order valence-corrected chi connectivity index (χ2v) is 5.28.